The van der Waals surface area contributed by atoms with Crippen molar-refractivity contribution in [3.63, 3.8) is 0 Å². The summed E-state index contributed by atoms with van der Waals surface area (Å²) in [5.74, 6) is 7.33. The predicted molar refractivity (Wildman–Crippen MR) is 585 cm³/mol. The molecule has 28 rings (SSSR count). The fraction of sp³-hybridized carbons (Fsp3) is 0.352. The van der Waals surface area contributed by atoms with Crippen LogP contribution in [0.4, 0.5) is 9.18 Å². The molecule has 4 aliphatic carbocycles. The van der Waals surface area contributed by atoms with Gasteiger partial charge in [0.05, 0.1) is 124 Å². The second-order valence-corrected chi connectivity index (χ2v) is 42.6. The Morgan fingerprint density at radius 1 is 0.360 bits per heavy atom. The number of hydrogen-bond donors (Lipinski definition) is 15. The number of nitrogens with one attached hydrogen (secondary N) is 13. The zero-order chi connectivity index (χ0) is 101. The molecule has 27 nitrogen and oxygen atoms in total. The van der Waals surface area contributed by atoms with Crippen LogP contribution in [0.25, 0.3) is 135 Å². The van der Waals surface area contributed by atoms with E-state index in [1.165, 1.54) is 126 Å². The summed E-state index contributed by atoms with van der Waals surface area (Å²) < 4.78 is 22.3. The monoisotopic (exact) mass is 2000 g/mol. The van der Waals surface area contributed by atoms with Crippen molar-refractivity contribution in [3.8, 4) is 135 Å². The van der Waals surface area contributed by atoms with Gasteiger partial charge in [0.25, 0.3) is 0 Å². The number of hydrogen-bond acceptors (Lipinski definition) is 18. The molecule has 764 valence electrons. The zero-order valence-electron chi connectivity index (χ0n) is 85.1. The number of nitrogens with zero attached hydrogens (tertiary/aromatic N) is 10. The quantitative estimate of drug-likeness (QED) is 0.0355. The minimum absolute atomic E-state index is 0.0989. The van der Waals surface area contributed by atoms with Gasteiger partial charge in [-0.2, -0.15) is 4.73 Å². The van der Waals surface area contributed by atoms with Crippen LogP contribution >= 0.6 is 0 Å². The van der Waals surface area contributed by atoms with Gasteiger partial charge in [-0.1, -0.05) is 182 Å². The average molecular weight is 2000 g/mol. The summed E-state index contributed by atoms with van der Waals surface area (Å²) >= 11 is 0. The van der Waals surface area contributed by atoms with Crippen LogP contribution in [0.2, 0.25) is 0 Å². The molecule has 8 aromatic heterocycles. The van der Waals surface area contributed by atoms with Crippen molar-refractivity contribution < 1.29 is 19.1 Å². The molecule has 0 radical (unpaired) electrons. The first-order valence-electron chi connectivity index (χ1n) is 54.9. The Bertz CT molecular complexity index is 7670. The lowest BCUT2D eigenvalue weighted by Gasteiger charge is -2.22. The fourth-order valence-corrected chi connectivity index (χ4v) is 24.5. The average Bonchev–Trinajstić information content (AvgIpc) is 1.64. The molecule has 0 saturated carbocycles. The lowest BCUT2D eigenvalue weighted by atomic mass is 9.95. The number of likely N-dealkylation sites (tertiary alicyclic amines) is 1. The first-order valence-corrected chi connectivity index (χ1v) is 54.9. The van der Waals surface area contributed by atoms with E-state index in [4.69, 9.17) is 35.4 Å². The number of carbonyl (C=O) groups excluding carboxylic acids is 1. The predicted octanol–water partition coefficient (Wildman–Crippen LogP) is 23.4. The number of benzene rings is 9. The molecule has 0 unspecified atom stereocenters. The van der Waals surface area contributed by atoms with E-state index in [-0.39, 0.29) is 42.7 Å². The maximum Gasteiger partial charge on any atom is 0.410 e. The summed E-state index contributed by atoms with van der Waals surface area (Å²) in [7, 11) is 0. The minimum Gasteiger partial charge on any atom is -0.445 e. The van der Waals surface area contributed by atoms with Crippen LogP contribution in [0.1, 0.15) is 268 Å². The summed E-state index contributed by atoms with van der Waals surface area (Å²) in [5, 5.41) is 32.0. The number of rotatable bonds is 18. The van der Waals surface area contributed by atoms with Crippen LogP contribution < -0.4 is 37.6 Å². The molecule has 7 fully saturated rings. The summed E-state index contributed by atoms with van der Waals surface area (Å²) in [6.45, 7) is 9.15. The van der Waals surface area contributed by atoms with Gasteiger partial charge in [0.2, 0.25) is 0 Å². The van der Waals surface area contributed by atoms with Gasteiger partial charge in [0, 0.05) is 51.4 Å². The maximum absolute atomic E-state index is 15.3. The van der Waals surface area contributed by atoms with E-state index in [0.717, 1.165) is 311 Å². The summed E-state index contributed by atoms with van der Waals surface area (Å²) in [5.41, 5.74) is 43.1. The fourth-order valence-electron chi connectivity index (χ4n) is 24.5. The van der Waals surface area contributed by atoms with Crippen LogP contribution in [-0.4, -0.2) is 142 Å². The highest BCUT2D eigenvalue weighted by Gasteiger charge is 2.37. The van der Waals surface area contributed by atoms with Crippen LogP contribution in [0.5, 0.6) is 0 Å². The van der Waals surface area contributed by atoms with Crippen molar-refractivity contribution in [1.82, 2.24) is 116 Å². The molecule has 7 saturated heterocycles. The Balaban J connectivity index is 0.000000104. The van der Waals surface area contributed by atoms with Gasteiger partial charge in [0.15, 0.2) is 5.82 Å². The minimum atomic E-state index is -0.292. The highest BCUT2D eigenvalue weighted by atomic mass is 19.1. The molecule has 0 bridgehead atoms. The normalized spacial score (nSPS) is 20.1. The third kappa shape index (κ3) is 20.1. The van der Waals surface area contributed by atoms with Crippen LogP contribution in [0.3, 0.4) is 0 Å². The third-order valence-electron chi connectivity index (χ3n) is 32.6. The summed E-state index contributed by atoms with van der Waals surface area (Å²) in [6.07, 6.45) is 35.1. The molecule has 0 spiro atoms. The van der Waals surface area contributed by atoms with Crippen molar-refractivity contribution in [2.24, 2.45) is 5.73 Å². The van der Waals surface area contributed by atoms with Crippen molar-refractivity contribution in [2.45, 2.75) is 229 Å². The first kappa shape index (κ1) is 96.2. The number of halogens is 1. The number of aromatic amines is 7. The van der Waals surface area contributed by atoms with Crippen LogP contribution in [-0.2, 0) is 62.7 Å². The number of H-pyrrole nitrogens is 7. The molecule has 15 heterocycles. The van der Waals surface area contributed by atoms with Crippen LogP contribution in [0.15, 0.2) is 219 Å². The number of fused-ring (bicyclic) bond motifs is 12. The number of amides is 1. The van der Waals surface area contributed by atoms with Crippen molar-refractivity contribution in [1.29, 1.82) is 0 Å². The second-order valence-electron chi connectivity index (χ2n) is 42.6. The standard InChI is InChI=1S/C37H38N6O2.C29H31FN6.C29H32N6O.C27H30N6/c44-37(45-23-24-7-2-1-3-8-24)43-20-6-12-33(43)36-39-22-32(41-36)26-15-13-25(14-16-26)27-17-18-29-28(21-27)9-4-10-30-34(29)42-35(40-30)31-11-5-19-38-31;30-22-15-18(9-11-21(22)26-16-33-28(35-26)24-6-2-12-31-24)17-8-10-20-19(14-17)4-1-5-23-27(20)36-29(34-23)25-7-3-13-32-25;36-35-26-7-1-4-21-16-20(12-13-22(21)27(26)34-29(35)24-6-3-15-31-24)18-8-10-19(11-9-18)25-17-32-28(33-25)23-5-2-14-30-23;1-16(28)26-30-15-24(32-26)18-9-7-17(8-10-18)19-11-12-21-20(14-19)4-2-5-22-25(21)33-27(31-22)23-6-3-13-29-23/h1-3,7-8,13-18,21-22,31,33,38H,4-6,9-12,19-20,23H2,(H,39,41)(H,40,42);8-11,14-16,24-25,31-32H,1-7,12-13H2,(H,33,35)(H,34,36);8-13,16-17,23-24,30-31,36H,1-7,14-15H2,(H,32,33);7-12,14-16,23,29H,2-6,13,28H2,1H3,(H,30,32)(H,31,33)/t31-,33-;24-,25-;23-,24-;16-,23-/m0000/s1. The number of aromatic nitrogens is 16. The van der Waals surface area contributed by atoms with Crippen LogP contribution in [0, 0.1) is 5.82 Å². The van der Waals surface area contributed by atoms with Gasteiger partial charge in [-0.15, -0.1) is 0 Å². The van der Waals surface area contributed by atoms with E-state index in [2.05, 4.69) is 227 Å². The lowest BCUT2D eigenvalue weighted by molar-refractivity contribution is 0.0909. The smallest absolute Gasteiger partial charge is 0.410 e. The van der Waals surface area contributed by atoms with Gasteiger partial charge in [-0.05, 0) is 314 Å². The number of imidazole rings is 8. The maximum atomic E-state index is 15.3. The highest BCUT2D eigenvalue weighted by Crippen LogP contribution is 2.45. The summed E-state index contributed by atoms with van der Waals surface area (Å²) in [4.78, 5) is 77.6. The molecule has 11 aliphatic rings. The van der Waals surface area contributed by atoms with Gasteiger partial charge in [-0.3, -0.25) is 4.90 Å². The Labute approximate surface area is 873 Å². The second kappa shape index (κ2) is 42.8. The molecular weight excluding hydrogens is 1870 g/mol. The van der Waals surface area contributed by atoms with Crippen molar-refractivity contribution >= 4 is 6.09 Å². The molecule has 8 atom stereocenters. The topological polar surface area (TPSA) is 367 Å². The molecule has 28 heteroatoms. The van der Waals surface area contributed by atoms with E-state index in [1.54, 1.807) is 17.2 Å². The van der Waals surface area contributed by atoms with Gasteiger partial charge >= 0.3 is 6.09 Å². The number of aryl methyl sites for hydroxylation is 7. The van der Waals surface area contributed by atoms with E-state index in [9.17, 15) is 10.0 Å². The Hall–Kier alpha value is -14.6. The van der Waals surface area contributed by atoms with Gasteiger partial charge in [-0.25, -0.2) is 49.1 Å². The van der Waals surface area contributed by atoms with E-state index in [1.807, 2.05) is 68.0 Å². The Morgan fingerprint density at radius 3 is 1.15 bits per heavy atom. The summed E-state index contributed by atoms with van der Waals surface area (Å²) in [6, 6.07) is 69.8. The van der Waals surface area contributed by atoms with Crippen molar-refractivity contribution in [2.75, 3.05) is 45.8 Å². The molecular formula is C122H131FN24O3. The highest BCUT2D eigenvalue weighted by molar-refractivity contribution is 5.81. The molecule has 17 aromatic rings. The lowest BCUT2D eigenvalue weighted by Crippen LogP contribution is -2.31. The largest absolute Gasteiger partial charge is 0.445 e. The SMILES string of the molecule is C[C@H](N)c1ncc(-c2ccc(-c3ccc4c(c3)CCCc3[nH]c([C@@H]5CCCN5)nc3-4)cc2)[nH]1.Fc1cc(-c2ccc3c(c2)CCCc2[nH]c([C@@H]4CCCN4)nc2-3)ccc1-c1cnc([C@@H]2CCCN2)[nH]1.O=C(OCc1ccccc1)N1CCC[C@H]1c1ncc(-c2ccc(-c3ccc4c(c3)CCCc3[nH]c([C@@H]5CCCN5)nc3-4)cc2)[nH]1.On1c([C@@H]2CCCN2)nc2c1CCCc1cc(-c3ccc(-c4cnc([C@@H]5CCCN5)[nH]4)cc3)ccc1-2. The molecule has 16 N–H and O–H groups in total. The molecule has 1 amide bonds. The van der Waals surface area contributed by atoms with E-state index in [0.29, 0.717) is 36.3 Å². The van der Waals surface area contributed by atoms with Gasteiger partial charge in [0.1, 0.15) is 53.2 Å². The first-order chi connectivity index (χ1) is 73.8. The number of ether oxygens (including phenoxy) is 1. The Kier molecular flexibility index (Phi) is 27.5. The number of carbonyl (C=O) groups is 1. The molecule has 7 aliphatic heterocycles. The molecule has 9 aromatic carbocycles. The van der Waals surface area contributed by atoms with Gasteiger partial charge < -0.3 is 82.5 Å². The van der Waals surface area contributed by atoms with E-state index < -0.39 is 0 Å². The zero-order valence-corrected chi connectivity index (χ0v) is 85.1. The van der Waals surface area contributed by atoms with Crippen molar-refractivity contribution in [3.05, 3.63) is 322 Å². The molecule has 150 heavy (non-hydrogen) atoms. The Morgan fingerprint density at radius 2 is 0.720 bits per heavy atom. The third-order valence-corrected chi connectivity index (χ3v) is 32.6. The number of nitrogens with two attached hydrogens (primary N) is 1. The van der Waals surface area contributed by atoms with E-state index >= 15 is 4.39 Å².